The Morgan fingerprint density at radius 3 is 2.61 bits per heavy atom. The van der Waals surface area contributed by atoms with Gasteiger partial charge in [-0.3, -0.25) is 0 Å². The Balaban J connectivity index is 3.22. The molecule has 4 nitrogen and oxygen atoms in total. The minimum atomic E-state index is -3.61. The predicted molar refractivity (Wildman–Crippen MR) is 76.5 cm³/mol. The fourth-order valence-electron chi connectivity index (χ4n) is 1.33. The van der Waals surface area contributed by atoms with Crippen LogP contribution in [0.1, 0.15) is 13.3 Å². The highest BCUT2D eigenvalue weighted by atomic mass is 79.9. The molecule has 0 aliphatic rings. The van der Waals surface area contributed by atoms with Crippen LogP contribution in [0, 0.1) is 11.3 Å². The zero-order valence-electron chi connectivity index (χ0n) is 9.89. The maximum atomic E-state index is 12.4. The molecule has 7 heteroatoms. The third-order valence-corrected chi connectivity index (χ3v) is 6.02. The Labute approximate surface area is 124 Å². The van der Waals surface area contributed by atoms with Gasteiger partial charge in [-0.1, -0.05) is 15.9 Å². The van der Waals surface area contributed by atoms with E-state index in [1.807, 2.05) is 6.07 Å². The zero-order valence-corrected chi connectivity index (χ0v) is 13.9. The lowest BCUT2D eigenvalue weighted by atomic mass is 10.3. The van der Waals surface area contributed by atoms with Crippen molar-refractivity contribution in [1.82, 2.24) is 4.31 Å². The molecule has 98 valence electrons. The van der Waals surface area contributed by atoms with Crippen molar-refractivity contribution in [3.8, 4) is 6.07 Å². The van der Waals surface area contributed by atoms with E-state index in [4.69, 9.17) is 5.26 Å². The SMILES string of the molecule is CC(CC#N)N(C)S(=O)(=O)c1cc(Br)ccc1Br. The first-order chi connectivity index (χ1) is 8.30. The Kier molecular flexibility index (Phi) is 5.34. The van der Waals surface area contributed by atoms with Crippen LogP contribution in [0.5, 0.6) is 0 Å². The molecular weight excluding hydrogens is 384 g/mol. The van der Waals surface area contributed by atoms with Crippen molar-refractivity contribution in [2.45, 2.75) is 24.3 Å². The van der Waals surface area contributed by atoms with Crippen molar-refractivity contribution in [1.29, 1.82) is 5.26 Å². The first kappa shape index (κ1) is 15.6. The fraction of sp³-hybridized carbons (Fsp3) is 0.364. The summed E-state index contributed by atoms with van der Waals surface area (Å²) < 4.78 is 27.2. The summed E-state index contributed by atoms with van der Waals surface area (Å²) in [6, 6.07) is 6.56. The summed E-state index contributed by atoms with van der Waals surface area (Å²) in [5.74, 6) is 0. The molecule has 1 unspecified atom stereocenters. The summed E-state index contributed by atoms with van der Waals surface area (Å²) >= 11 is 6.48. The first-order valence-electron chi connectivity index (χ1n) is 5.10. The monoisotopic (exact) mass is 394 g/mol. The lowest BCUT2D eigenvalue weighted by Crippen LogP contribution is -2.35. The molecule has 1 aromatic carbocycles. The molecule has 0 aliphatic heterocycles. The van der Waals surface area contributed by atoms with Gasteiger partial charge in [-0.15, -0.1) is 0 Å². The molecule has 0 aliphatic carbocycles. The quantitative estimate of drug-likeness (QED) is 0.786. The van der Waals surface area contributed by atoms with Crippen LogP contribution in [0.3, 0.4) is 0 Å². The first-order valence-corrected chi connectivity index (χ1v) is 8.13. The van der Waals surface area contributed by atoms with Crippen LogP contribution in [-0.4, -0.2) is 25.8 Å². The molecule has 1 aromatic rings. The molecule has 0 spiro atoms. The van der Waals surface area contributed by atoms with Crippen molar-refractivity contribution in [2.75, 3.05) is 7.05 Å². The maximum Gasteiger partial charge on any atom is 0.244 e. The van der Waals surface area contributed by atoms with Crippen LogP contribution in [-0.2, 0) is 10.0 Å². The van der Waals surface area contributed by atoms with Crippen LogP contribution < -0.4 is 0 Å². The third kappa shape index (κ3) is 3.32. The second-order valence-corrected chi connectivity index (χ2v) is 7.54. The molecule has 0 fully saturated rings. The van der Waals surface area contributed by atoms with Gasteiger partial charge >= 0.3 is 0 Å². The molecule has 0 saturated carbocycles. The fourth-order valence-corrected chi connectivity index (χ4v) is 4.15. The summed E-state index contributed by atoms with van der Waals surface area (Å²) in [4.78, 5) is 0.184. The van der Waals surface area contributed by atoms with Crippen LogP contribution in [0.25, 0.3) is 0 Å². The topological polar surface area (TPSA) is 61.2 Å². The van der Waals surface area contributed by atoms with Crippen LogP contribution in [0.4, 0.5) is 0 Å². The number of sulfonamides is 1. The van der Waals surface area contributed by atoms with Crippen LogP contribution >= 0.6 is 31.9 Å². The van der Waals surface area contributed by atoms with E-state index in [9.17, 15) is 8.42 Å². The third-order valence-electron chi connectivity index (χ3n) is 2.56. The maximum absolute atomic E-state index is 12.4. The predicted octanol–water partition coefficient (Wildman–Crippen LogP) is 3.13. The highest BCUT2D eigenvalue weighted by Gasteiger charge is 2.27. The van der Waals surface area contributed by atoms with E-state index in [0.717, 1.165) is 0 Å². The van der Waals surface area contributed by atoms with E-state index >= 15 is 0 Å². The number of benzene rings is 1. The molecule has 0 N–H and O–H groups in total. The van der Waals surface area contributed by atoms with Crippen LogP contribution in [0.15, 0.2) is 32.0 Å². The van der Waals surface area contributed by atoms with Crippen molar-refractivity contribution in [3.05, 3.63) is 27.1 Å². The molecule has 0 radical (unpaired) electrons. The van der Waals surface area contributed by atoms with Crippen molar-refractivity contribution in [3.63, 3.8) is 0 Å². The van der Waals surface area contributed by atoms with E-state index in [1.54, 1.807) is 19.1 Å². The summed E-state index contributed by atoms with van der Waals surface area (Å²) in [7, 11) is -2.13. The Hall–Kier alpha value is -0.420. The summed E-state index contributed by atoms with van der Waals surface area (Å²) in [5, 5.41) is 8.63. The van der Waals surface area contributed by atoms with Gasteiger partial charge < -0.3 is 0 Å². The van der Waals surface area contributed by atoms with Crippen molar-refractivity contribution < 1.29 is 8.42 Å². The Morgan fingerprint density at radius 1 is 1.44 bits per heavy atom. The number of nitrogens with zero attached hydrogens (tertiary/aromatic N) is 2. The van der Waals surface area contributed by atoms with E-state index in [2.05, 4.69) is 31.9 Å². The molecule has 0 aromatic heterocycles. The molecule has 0 amide bonds. The number of rotatable bonds is 4. The Morgan fingerprint density at radius 2 is 2.06 bits per heavy atom. The number of halogens is 2. The molecule has 1 rings (SSSR count). The van der Waals surface area contributed by atoms with Gasteiger partial charge in [0.25, 0.3) is 0 Å². The van der Waals surface area contributed by atoms with Gasteiger partial charge in [0.2, 0.25) is 10.0 Å². The normalized spacial score (nSPS) is 13.3. The van der Waals surface area contributed by atoms with Crippen molar-refractivity contribution >= 4 is 41.9 Å². The standard InChI is InChI=1S/C11H12Br2N2O2S/c1-8(5-6-14)15(2)18(16,17)11-7-9(12)3-4-10(11)13/h3-4,7-8H,5H2,1-2H3. The molecular formula is C11H12Br2N2O2S. The molecule has 0 saturated heterocycles. The number of nitriles is 1. The van der Waals surface area contributed by atoms with Gasteiger partial charge in [0.1, 0.15) is 0 Å². The van der Waals surface area contributed by atoms with Gasteiger partial charge in [-0.2, -0.15) is 9.57 Å². The van der Waals surface area contributed by atoms with E-state index in [1.165, 1.54) is 17.4 Å². The smallest absolute Gasteiger partial charge is 0.207 e. The number of hydrogen-bond acceptors (Lipinski definition) is 3. The van der Waals surface area contributed by atoms with Gasteiger partial charge in [0.05, 0.1) is 17.4 Å². The second kappa shape index (κ2) is 6.15. The number of hydrogen-bond donors (Lipinski definition) is 0. The highest BCUT2D eigenvalue weighted by molar-refractivity contribution is 9.11. The molecule has 18 heavy (non-hydrogen) atoms. The summed E-state index contributed by atoms with van der Waals surface area (Å²) in [5.41, 5.74) is 0. The summed E-state index contributed by atoms with van der Waals surface area (Å²) in [6.07, 6.45) is 0.154. The molecule has 1 atom stereocenters. The van der Waals surface area contributed by atoms with Gasteiger partial charge in [-0.25, -0.2) is 8.42 Å². The van der Waals surface area contributed by atoms with E-state index < -0.39 is 10.0 Å². The zero-order chi connectivity index (χ0) is 13.9. The van der Waals surface area contributed by atoms with Crippen LogP contribution in [0.2, 0.25) is 0 Å². The second-order valence-electron chi connectivity index (χ2n) is 3.81. The van der Waals surface area contributed by atoms with Crippen molar-refractivity contribution in [2.24, 2.45) is 0 Å². The minimum absolute atomic E-state index is 0.154. The molecule has 0 heterocycles. The van der Waals surface area contributed by atoms with E-state index in [0.29, 0.717) is 8.95 Å². The molecule has 0 bridgehead atoms. The summed E-state index contributed by atoms with van der Waals surface area (Å²) in [6.45, 7) is 1.70. The van der Waals surface area contributed by atoms with Gasteiger partial charge in [0.15, 0.2) is 0 Å². The average Bonchev–Trinajstić information content (AvgIpc) is 2.31. The largest absolute Gasteiger partial charge is 0.244 e. The lowest BCUT2D eigenvalue weighted by Gasteiger charge is -2.23. The lowest BCUT2D eigenvalue weighted by molar-refractivity contribution is 0.393. The van der Waals surface area contributed by atoms with Gasteiger partial charge in [-0.05, 0) is 41.1 Å². The van der Waals surface area contributed by atoms with E-state index in [-0.39, 0.29) is 17.4 Å². The van der Waals surface area contributed by atoms with Gasteiger partial charge in [0, 0.05) is 22.0 Å². The minimum Gasteiger partial charge on any atom is -0.207 e. The highest BCUT2D eigenvalue weighted by Crippen LogP contribution is 2.28. The average molecular weight is 396 g/mol. The Bertz CT molecular complexity index is 581.